The van der Waals surface area contributed by atoms with E-state index in [9.17, 15) is 4.79 Å². The Kier molecular flexibility index (Phi) is 5.53. The molecule has 3 N–H and O–H groups in total. The topological polar surface area (TPSA) is 79.0 Å². The SMILES string of the molecule is COc1ccc(-c2n[nH]c(C)c2CC(=O)NC2CC(C)(C)NC(C)(C)C2)cc1. The summed E-state index contributed by atoms with van der Waals surface area (Å²) < 4.78 is 5.23. The number of carbonyl (C=O) groups excluding carboxylic acids is 1. The molecule has 28 heavy (non-hydrogen) atoms. The second-order valence-corrected chi connectivity index (χ2v) is 9.15. The van der Waals surface area contributed by atoms with E-state index >= 15 is 0 Å². The summed E-state index contributed by atoms with van der Waals surface area (Å²) in [6.07, 6.45) is 2.14. The molecule has 152 valence electrons. The van der Waals surface area contributed by atoms with Gasteiger partial charge in [0.2, 0.25) is 5.91 Å². The molecule has 1 amide bonds. The molecule has 6 heteroatoms. The lowest BCUT2D eigenvalue weighted by Crippen LogP contribution is -2.62. The van der Waals surface area contributed by atoms with Crippen molar-refractivity contribution in [1.82, 2.24) is 20.8 Å². The van der Waals surface area contributed by atoms with Crippen LogP contribution in [-0.4, -0.2) is 40.3 Å². The second-order valence-electron chi connectivity index (χ2n) is 9.15. The van der Waals surface area contributed by atoms with Crippen LogP contribution in [-0.2, 0) is 11.2 Å². The Balaban J connectivity index is 1.73. The summed E-state index contributed by atoms with van der Waals surface area (Å²) in [4.78, 5) is 12.8. The number of piperidine rings is 1. The number of methoxy groups -OCH3 is 1. The predicted octanol–water partition coefficient (Wildman–Crippen LogP) is 3.36. The number of hydrogen-bond donors (Lipinski definition) is 3. The van der Waals surface area contributed by atoms with Gasteiger partial charge in [-0.2, -0.15) is 5.10 Å². The first-order valence-electron chi connectivity index (χ1n) is 9.85. The smallest absolute Gasteiger partial charge is 0.224 e. The summed E-state index contributed by atoms with van der Waals surface area (Å²) in [5.41, 5.74) is 3.65. The maximum atomic E-state index is 12.8. The van der Waals surface area contributed by atoms with E-state index in [0.29, 0.717) is 6.42 Å². The average Bonchev–Trinajstić information content (AvgIpc) is 2.92. The van der Waals surface area contributed by atoms with E-state index in [1.54, 1.807) is 7.11 Å². The second kappa shape index (κ2) is 7.59. The van der Waals surface area contributed by atoms with E-state index in [4.69, 9.17) is 4.74 Å². The van der Waals surface area contributed by atoms with Gasteiger partial charge in [-0.25, -0.2) is 0 Å². The largest absolute Gasteiger partial charge is 0.497 e. The number of nitrogens with zero attached hydrogens (tertiary/aromatic N) is 1. The van der Waals surface area contributed by atoms with Crippen LogP contribution in [0.15, 0.2) is 24.3 Å². The highest BCUT2D eigenvalue weighted by atomic mass is 16.5. The fourth-order valence-electron chi connectivity index (χ4n) is 4.52. The Hall–Kier alpha value is -2.34. The summed E-state index contributed by atoms with van der Waals surface area (Å²) in [6.45, 7) is 10.7. The highest BCUT2D eigenvalue weighted by molar-refractivity contribution is 5.82. The van der Waals surface area contributed by atoms with Crippen molar-refractivity contribution in [2.24, 2.45) is 0 Å². The predicted molar refractivity (Wildman–Crippen MR) is 111 cm³/mol. The van der Waals surface area contributed by atoms with E-state index in [1.165, 1.54) is 0 Å². The molecule has 0 bridgehead atoms. The quantitative estimate of drug-likeness (QED) is 0.739. The first-order valence-corrected chi connectivity index (χ1v) is 9.85. The Morgan fingerprint density at radius 1 is 1.18 bits per heavy atom. The molecule has 0 saturated carbocycles. The third-order valence-corrected chi connectivity index (χ3v) is 5.33. The molecule has 0 spiro atoms. The molecule has 0 aliphatic carbocycles. The van der Waals surface area contributed by atoms with E-state index < -0.39 is 0 Å². The van der Waals surface area contributed by atoms with Gasteiger partial charge < -0.3 is 15.4 Å². The fraction of sp³-hybridized carbons (Fsp3) is 0.545. The molecule has 1 aliphatic heterocycles. The molecular weight excluding hydrogens is 352 g/mol. The van der Waals surface area contributed by atoms with Gasteiger partial charge in [-0.3, -0.25) is 9.89 Å². The molecule has 3 rings (SSSR count). The van der Waals surface area contributed by atoms with Gasteiger partial charge in [-0.05, 0) is 71.7 Å². The number of aromatic nitrogens is 2. The third-order valence-electron chi connectivity index (χ3n) is 5.33. The molecule has 1 fully saturated rings. The highest BCUT2D eigenvalue weighted by Crippen LogP contribution is 2.29. The van der Waals surface area contributed by atoms with Crippen LogP contribution in [0.2, 0.25) is 0 Å². The van der Waals surface area contributed by atoms with Gasteiger partial charge in [0.15, 0.2) is 0 Å². The minimum Gasteiger partial charge on any atom is -0.497 e. The molecule has 1 aromatic heterocycles. The number of amides is 1. The molecule has 1 saturated heterocycles. The van der Waals surface area contributed by atoms with Crippen molar-refractivity contribution in [3.8, 4) is 17.0 Å². The molecule has 0 atom stereocenters. The van der Waals surface area contributed by atoms with Gasteiger partial charge >= 0.3 is 0 Å². The van der Waals surface area contributed by atoms with Gasteiger partial charge in [0.1, 0.15) is 5.75 Å². The van der Waals surface area contributed by atoms with Crippen LogP contribution in [0.5, 0.6) is 5.75 Å². The van der Waals surface area contributed by atoms with Crippen molar-refractivity contribution in [1.29, 1.82) is 0 Å². The molecule has 2 aromatic rings. The Morgan fingerprint density at radius 2 is 1.79 bits per heavy atom. The van der Waals surface area contributed by atoms with Crippen molar-refractivity contribution in [2.45, 2.75) is 71.0 Å². The Morgan fingerprint density at radius 3 is 2.36 bits per heavy atom. The maximum absolute atomic E-state index is 12.8. The molecular formula is C22H32N4O2. The average molecular weight is 385 g/mol. The molecule has 6 nitrogen and oxygen atoms in total. The van der Waals surface area contributed by atoms with Crippen molar-refractivity contribution in [2.75, 3.05) is 7.11 Å². The minimum atomic E-state index is -0.000488. The van der Waals surface area contributed by atoms with Gasteiger partial charge in [0, 0.05) is 33.9 Å². The van der Waals surface area contributed by atoms with E-state index in [-0.39, 0.29) is 23.0 Å². The number of aromatic amines is 1. The molecule has 1 aliphatic rings. The van der Waals surface area contributed by atoms with Gasteiger partial charge in [0.25, 0.3) is 0 Å². The van der Waals surface area contributed by atoms with Gasteiger partial charge in [0.05, 0.1) is 19.2 Å². The summed E-state index contributed by atoms with van der Waals surface area (Å²) in [7, 11) is 1.65. The van der Waals surface area contributed by atoms with Crippen molar-refractivity contribution < 1.29 is 9.53 Å². The molecule has 2 heterocycles. The van der Waals surface area contributed by atoms with Crippen LogP contribution in [0.4, 0.5) is 0 Å². The number of nitrogens with one attached hydrogen (secondary N) is 3. The normalized spacial score (nSPS) is 18.6. The van der Waals surface area contributed by atoms with Gasteiger partial charge in [-0.1, -0.05) is 0 Å². The third kappa shape index (κ3) is 4.73. The fourth-order valence-corrected chi connectivity index (χ4v) is 4.52. The first-order chi connectivity index (χ1) is 13.1. The summed E-state index contributed by atoms with van der Waals surface area (Å²) in [5, 5.41) is 14.4. The summed E-state index contributed by atoms with van der Waals surface area (Å²) in [6, 6.07) is 7.90. The van der Waals surface area contributed by atoms with E-state index in [1.807, 2.05) is 31.2 Å². The number of carbonyl (C=O) groups is 1. The molecule has 0 radical (unpaired) electrons. The molecule has 0 unspecified atom stereocenters. The minimum absolute atomic E-state index is 0.000488. The Labute approximate surface area is 167 Å². The zero-order valence-corrected chi connectivity index (χ0v) is 17.8. The zero-order chi connectivity index (χ0) is 20.5. The lowest BCUT2D eigenvalue weighted by atomic mass is 9.79. The summed E-state index contributed by atoms with van der Waals surface area (Å²) in [5.74, 6) is 0.837. The standard InChI is InChI=1S/C22H32N4O2/c1-14-18(20(25-24-14)15-7-9-17(28-6)10-8-15)11-19(27)23-16-12-21(2,3)26-22(4,5)13-16/h7-10,16,26H,11-13H2,1-6H3,(H,23,27)(H,24,25). The van der Waals surface area contributed by atoms with Crippen LogP contribution < -0.4 is 15.4 Å². The zero-order valence-electron chi connectivity index (χ0n) is 17.8. The number of ether oxygens (including phenoxy) is 1. The van der Waals surface area contributed by atoms with Crippen molar-refractivity contribution >= 4 is 5.91 Å². The number of H-pyrrole nitrogens is 1. The van der Waals surface area contributed by atoms with Crippen molar-refractivity contribution in [3.63, 3.8) is 0 Å². The number of aryl methyl sites for hydroxylation is 1. The van der Waals surface area contributed by atoms with Crippen molar-refractivity contribution in [3.05, 3.63) is 35.5 Å². The number of hydrogen-bond acceptors (Lipinski definition) is 4. The number of rotatable bonds is 5. The van der Waals surface area contributed by atoms with E-state index in [0.717, 1.165) is 41.1 Å². The maximum Gasteiger partial charge on any atom is 0.224 e. The van der Waals surface area contributed by atoms with Gasteiger partial charge in [-0.15, -0.1) is 0 Å². The lowest BCUT2D eigenvalue weighted by molar-refractivity contribution is -0.121. The summed E-state index contributed by atoms with van der Waals surface area (Å²) >= 11 is 0. The highest BCUT2D eigenvalue weighted by Gasteiger charge is 2.38. The van der Waals surface area contributed by atoms with Crippen LogP contribution in [0.25, 0.3) is 11.3 Å². The number of benzene rings is 1. The van der Waals surface area contributed by atoms with Crippen LogP contribution in [0, 0.1) is 6.92 Å². The monoisotopic (exact) mass is 384 g/mol. The van der Waals surface area contributed by atoms with Crippen LogP contribution in [0.1, 0.15) is 51.8 Å². The van der Waals surface area contributed by atoms with E-state index in [2.05, 4.69) is 48.5 Å². The Bertz CT molecular complexity index is 821. The first kappa shape index (κ1) is 20.4. The van der Waals surface area contributed by atoms with Crippen LogP contribution in [0.3, 0.4) is 0 Å². The molecule has 1 aromatic carbocycles. The lowest BCUT2D eigenvalue weighted by Gasteiger charge is -2.46. The van der Waals surface area contributed by atoms with Crippen LogP contribution >= 0.6 is 0 Å².